The minimum atomic E-state index is -0.625. The molecule has 1 unspecified atom stereocenters. The van der Waals surface area contributed by atoms with Crippen molar-refractivity contribution in [1.29, 1.82) is 0 Å². The minimum absolute atomic E-state index is 0.259. The molecule has 1 atom stereocenters. The van der Waals surface area contributed by atoms with Gasteiger partial charge in [0.25, 0.3) is 5.69 Å². The van der Waals surface area contributed by atoms with E-state index in [4.69, 9.17) is 0 Å². The summed E-state index contributed by atoms with van der Waals surface area (Å²) >= 11 is 0. The third-order valence-corrected chi connectivity index (χ3v) is 2.18. The van der Waals surface area contributed by atoms with Crippen LogP contribution in [0.1, 0.15) is 12.5 Å². The highest BCUT2D eigenvalue weighted by Gasteiger charge is 2.11. The van der Waals surface area contributed by atoms with Gasteiger partial charge >= 0.3 is 0 Å². The molecule has 0 saturated carbocycles. The SMILES string of the molecule is CC(O)CN(C)Cc1cc(F)cc([N+](=O)[O-])c1. The van der Waals surface area contributed by atoms with Crippen LogP contribution in [0.5, 0.6) is 0 Å². The fraction of sp³-hybridized carbons (Fsp3) is 0.455. The molecule has 0 radical (unpaired) electrons. The van der Waals surface area contributed by atoms with Gasteiger partial charge in [0.15, 0.2) is 0 Å². The largest absolute Gasteiger partial charge is 0.392 e. The normalized spacial score (nSPS) is 12.8. The molecule has 1 rings (SSSR count). The predicted molar refractivity (Wildman–Crippen MR) is 61.1 cm³/mol. The van der Waals surface area contributed by atoms with Crippen molar-refractivity contribution in [2.24, 2.45) is 0 Å². The third-order valence-electron chi connectivity index (χ3n) is 2.18. The molecule has 17 heavy (non-hydrogen) atoms. The smallest absolute Gasteiger partial charge is 0.272 e. The first-order chi connectivity index (χ1) is 7.88. The van der Waals surface area contributed by atoms with Crippen molar-refractivity contribution in [2.75, 3.05) is 13.6 Å². The monoisotopic (exact) mass is 242 g/mol. The summed E-state index contributed by atoms with van der Waals surface area (Å²) in [6, 6.07) is 3.48. The van der Waals surface area contributed by atoms with E-state index in [-0.39, 0.29) is 5.69 Å². The fourth-order valence-corrected chi connectivity index (χ4v) is 1.66. The Kier molecular flexibility index (Phi) is 4.53. The average molecular weight is 242 g/mol. The summed E-state index contributed by atoms with van der Waals surface area (Å²) in [5, 5.41) is 19.7. The van der Waals surface area contributed by atoms with Gasteiger partial charge in [0.2, 0.25) is 0 Å². The Hall–Kier alpha value is -1.53. The number of non-ortho nitro benzene ring substituents is 1. The number of nitro groups is 1. The van der Waals surface area contributed by atoms with Gasteiger partial charge in [-0.1, -0.05) is 0 Å². The Morgan fingerprint density at radius 2 is 2.18 bits per heavy atom. The molecule has 1 aromatic rings. The maximum Gasteiger partial charge on any atom is 0.272 e. The Morgan fingerprint density at radius 1 is 1.53 bits per heavy atom. The number of nitro benzene ring substituents is 1. The number of aliphatic hydroxyl groups is 1. The second-order valence-corrected chi connectivity index (χ2v) is 4.12. The first-order valence-corrected chi connectivity index (χ1v) is 5.19. The average Bonchev–Trinajstić information content (AvgIpc) is 2.14. The van der Waals surface area contributed by atoms with Gasteiger partial charge in [0.1, 0.15) is 5.82 Å². The number of hydrogen-bond donors (Lipinski definition) is 1. The zero-order valence-electron chi connectivity index (χ0n) is 9.76. The van der Waals surface area contributed by atoms with Gasteiger partial charge in [-0.2, -0.15) is 0 Å². The molecule has 0 bridgehead atoms. The van der Waals surface area contributed by atoms with Gasteiger partial charge in [-0.3, -0.25) is 15.0 Å². The third kappa shape index (κ3) is 4.46. The molecule has 0 spiro atoms. The molecule has 5 nitrogen and oxygen atoms in total. The topological polar surface area (TPSA) is 66.6 Å². The Morgan fingerprint density at radius 3 is 2.71 bits per heavy atom. The molecule has 0 aliphatic rings. The van der Waals surface area contributed by atoms with Gasteiger partial charge < -0.3 is 5.11 Å². The Labute approximate surface area is 98.6 Å². The zero-order valence-corrected chi connectivity index (χ0v) is 9.76. The van der Waals surface area contributed by atoms with E-state index in [2.05, 4.69) is 0 Å². The summed E-state index contributed by atoms with van der Waals surface area (Å²) in [5.41, 5.74) is 0.255. The van der Waals surface area contributed by atoms with Crippen LogP contribution in [0.3, 0.4) is 0 Å². The van der Waals surface area contributed by atoms with Crippen molar-refractivity contribution < 1.29 is 14.4 Å². The second kappa shape index (κ2) is 5.70. The molecule has 1 N–H and O–H groups in total. The van der Waals surface area contributed by atoms with Crippen LogP contribution in [-0.2, 0) is 6.54 Å². The molecule has 0 amide bonds. The van der Waals surface area contributed by atoms with E-state index < -0.39 is 16.8 Å². The molecule has 0 aliphatic carbocycles. The number of likely N-dealkylation sites (N-methyl/N-ethyl adjacent to an activating group) is 1. The first-order valence-electron chi connectivity index (χ1n) is 5.19. The lowest BCUT2D eigenvalue weighted by Crippen LogP contribution is -2.26. The summed E-state index contributed by atoms with van der Waals surface area (Å²) in [6.45, 7) is 2.42. The fourth-order valence-electron chi connectivity index (χ4n) is 1.66. The van der Waals surface area contributed by atoms with Gasteiger partial charge in [-0.15, -0.1) is 0 Å². The van der Waals surface area contributed by atoms with E-state index in [1.807, 2.05) is 0 Å². The lowest BCUT2D eigenvalue weighted by Gasteiger charge is -2.18. The molecular formula is C11H15FN2O3. The Balaban J connectivity index is 2.80. The van der Waals surface area contributed by atoms with E-state index in [9.17, 15) is 19.6 Å². The van der Waals surface area contributed by atoms with Crippen LogP contribution in [-0.4, -0.2) is 34.6 Å². The van der Waals surface area contributed by atoms with Gasteiger partial charge in [-0.05, 0) is 25.6 Å². The maximum atomic E-state index is 13.1. The molecule has 0 heterocycles. The standard InChI is InChI=1S/C11H15FN2O3/c1-8(15)6-13(2)7-9-3-10(12)5-11(4-9)14(16)17/h3-5,8,15H,6-7H2,1-2H3. The molecule has 0 aromatic heterocycles. The molecule has 6 heteroatoms. The van der Waals surface area contributed by atoms with E-state index in [1.54, 1.807) is 18.9 Å². The summed E-state index contributed by atoms with van der Waals surface area (Å²) in [5.74, 6) is -0.625. The highest BCUT2D eigenvalue weighted by molar-refractivity contribution is 5.35. The second-order valence-electron chi connectivity index (χ2n) is 4.12. The van der Waals surface area contributed by atoms with Crippen molar-refractivity contribution in [2.45, 2.75) is 19.6 Å². The van der Waals surface area contributed by atoms with Crippen LogP contribution in [0, 0.1) is 15.9 Å². The van der Waals surface area contributed by atoms with Gasteiger partial charge in [0.05, 0.1) is 17.1 Å². The maximum absolute atomic E-state index is 13.1. The van der Waals surface area contributed by atoms with Crippen molar-refractivity contribution >= 4 is 5.69 Å². The molecule has 0 aliphatic heterocycles. The van der Waals surface area contributed by atoms with Crippen molar-refractivity contribution in [3.63, 3.8) is 0 Å². The van der Waals surface area contributed by atoms with E-state index in [0.717, 1.165) is 6.07 Å². The van der Waals surface area contributed by atoms with Crippen LogP contribution < -0.4 is 0 Å². The molecule has 94 valence electrons. The molecule has 0 saturated heterocycles. The van der Waals surface area contributed by atoms with Gasteiger partial charge in [-0.25, -0.2) is 4.39 Å². The number of rotatable bonds is 5. The van der Waals surface area contributed by atoms with Crippen molar-refractivity contribution in [3.8, 4) is 0 Å². The van der Waals surface area contributed by atoms with E-state index >= 15 is 0 Å². The predicted octanol–water partition coefficient (Wildman–Crippen LogP) is 1.55. The van der Waals surface area contributed by atoms with Gasteiger partial charge in [0, 0.05) is 19.2 Å². The van der Waals surface area contributed by atoms with Crippen LogP contribution in [0.2, 0.25) is 0 Å². The molecular weight excluding hydrogens is 227 g/mol. The number of halogens is 1. The van der Waals surface area contributed by atoms with Crippen LogP contribution in [0.25, 0.3) is 0 Å². The summed E-state index contributed by atoms with van der Waals surface area (Å²) in [4.78, 5) is 11.7. The molecule has 0 fully saturated rings. The Bertz CT molecular complexity index is 410. The highest BCUT2D eigenvalue weighted by atomic mass is 19.1. The highest BCUT2D eigenvalue weighted by Crippen LogP contribution is 2.17. The summed E-state index contributed by atoms with van der Waals surface area (Å²) in [7, 11) is 1.75. The number of benzene rings is 1. The quantitative estimate of drug-likeness (QED) is 0.628. The van der Waals surface area contributed by atoms with Crippen LogP contribution >= 0.6 is 0 Å². The number of nitrogens with zero attached hydrogens (tertiary/aromatic N) is 2. The lowest BCUT2D eigenvalue weighted by molar-refractivity contribution is -0.385. The molecule has 1 aromatic carbocycles. The first kappa shape index (κ1) is 13.5. The van der Waals surface area contributed by atoms with E-state index in [1.165, 1.54) is 12.1 Å². The van der Waals surface area contributed by atoms with Crippen LogP contribution in [0.4, 0.5) is 10.1 Å². The van der Waals surface area contributed by atoms with Crippen LogP contribution in [0.15, 0.2) is 18.2 Å². The van der Waals surface area contributed by atoms with E-state index in [0.29, 0.717) is 18.7 Å². The lowest BCUT2D eigenvalue weighted by atomic mass is 10.2. The van der Waals surface area contributed by atoms with Crippen molar-refractivity contribution in [1.82, 2.24) is 4.90 Å². The summed E-state index contributed by atoms with van der Waals surface area (Å²) in [6.07, 6.45) is -0.497. The summed E-state index contributed by atoms with van der Waals surface area (Å²) < 4.78 is 13.1. The number of hydrogen-bond acceptors (Lipinski definition) is 4. The zero-order chi connectivity index (χ0) is 13.0. The van der Waals surface area contributed by atoms with Crippen molar-refractivity contribution in [3.05, 3.63) is 39.7 Å². The minimum Gasteiger partial charge on any atom is -0.392 e. The number of aliphatic hydroxyl groups excluding tert-OH is 1.